The summed E-state index contributed by atoms with van der Waals surface area (Å²) in [5.74, 6) is -1.41. The normalized spacial score (nSPS) is 11.1. The Morgan fingerprint density at radius 1 is 0.864 bits per heavy atom. The molecule has 0 bridgehead atoms. The van der Waals surface area contributed by atoms with Crippen LogP contribution in [0.15, 0.2) is 119 Å². The largest absolute Gasteiger partial charge is 0.321 e. The highest BCUT2D eigenvalue weighted by molar-refractivity contribution is 8.00. The van der Waals surface area contributed by atoms with Crippen LogP contribution in [0.4, 0.5) is 15.2 Å². The third kappa shape index (κ3) is 8.50. The number of carbonyl (C=O) groups is 3. The number of thioether (sulfide) groups is 1. The number of aryl methyl sites for hydroxylation is 1. The second kappa shape index (κ2) is 14.4. The number of carbonyl (C=O) groups excluding carboxylic acids is 3. The molecule has 0 aliphatic carbocycles. The molecule has 220 valence electrons. The highest BCUT2D eigenvalue weighted by Gasteiger charge is 2.15. The highest BCUT2D eigenvalue weighted by atomic mass is 32.2. The third-order valence-electron chi connectivity index (χ3n) is 6.29. The SMILES string of the molecule is Cc1ccc(-c2csc(NC(=O)CSc3ccc(NC(=O)/C(=C/c4ccc(F)cc4)NC(=O)c4ccccc4)cc3)n2)cc1. The van der Waals surface area contributed by atoms with Gasteiger partial charge in [-0.2, -0.15) is 0 Å². The first-order valence-corrected chi connectivity index (χ1v) is 15.4. The molecule has 0 spiro atoms. The topological polar surface area (TPSA) is 100 Å². The minimum atomic E-state index is -0.549. The van der Waals surface area contributed by atoms with Crippen molar-refractivity contribution in [3.63, 3.8) is 0 Å². The van der Waals surface area contributed by atoms with Gasteiger partial charge in [0, 0.05) is 27.1 Å². The first-order valence-electron chi connectivity index (χ1n) is 13.5. The summed E-state index contributed by atoms with van der Waals surface area (Å²) < 4.78 is 13.4. The zero-order chi connectivity index (χ0) is 30.9. The molecule has 5 aromatic rings. The lowest BCUT2D eigenvalue weighted by Crippen LogP contribution is -2.30. The molecule has 7 nitrogen and oxygen atoms in total. The maximum Gasteiger partial charge on any atom is 0.272 e. The van der Waals surface area contributed by atoms with E-state index >= 15 is 0 Å². The van der Waals surface area contributed by atoms with Crippen molar-refractivity contribution in [1.82, 2.24) is 10.3 Å². The van der Waals surface area contributed by atoms with Crippen molar-refractivity contribution in [3.05, 3.63) is 137 Å². The standard InChI is InChI=1S/C34H27FN4O3S2/c1-22-7-11-24(12-8-22)30-20-44-34(38-30)39-31(40)21-43-28-17-15-27(16-18-28)36-33(42)29(19-23-9-13-26(35)14-10-23)37-32(41)25-5-3-2-4-6-25/h2-20H,21H2,1H3,(H,36,42)(H,37,41)(H,38,39,40)/b29-19-. The fourth-order valence-electron chi connectivity index (χ4n) is 3.99. The number of amides is 3. The average Bonchev–Trinajstić information content (AvgIpc) is 3.50. The van der Waals surface area contributed by atoms with Gasteiger partial charge in [-0.25, -0.2) is 9.37 Å². The molecule has 3 amide bonds. The number of nitrogens with zero attached hydrogens (tertiary/aromatic N) is 1. The Morgan fingerprint density at radius 2 is 1.57 bits per heavy atom. The molecule has 0 saturated heterocycles. The van der Waals surface area contributed by atoms with Crippen LogP contribution >= 0.6 is 23.1 Å². The van der Waals surface area contributed by atoms with Gasteiger partial charge in [0.05, 0.1) is 11.4 Å². The summed E-state index contributed by atoms with van der Waals surface area (Å²) in [6.45, 7) is 2.03. The Balaban J connectivity index is 1.18. The molecule has 44 heavy (non-hydrogen) atoms. The van der Waals surface area contributed by atoms with E-state index < -0.39 is 17.6 Å². The van der Waals surface area contributed by atoms with E-state index in [2.05, 4.69) is 20.9 Å². The third-order valence-corrected chi connectivity index (χ3v) is 8.06. The van der Waals surface area contributed by atoms with E-state index in [4.69, 9.17) is 0 Å². The first-order chi connectivity index (χ1) is 21.3. The number of thiazole rings is 1. The second-order valence-corrected chi connectivity index (χ2v) is 11.6. The number of aromatic nitrogens is 1. The zero-order valence-electron chi connectivity index (χ0n) is 23.5. The van der Waals surface area contributed by atoms with Crippen LogP contribution < -0.4 is 16.0 Å². The molecule has 1 aromatic heterocycles. The van der Waals surface area contributed by atoms with Crippen molar-refractivity contribution >= 4 is 57.7 Å². The summed E-state index contributed by atoms with van der Waals surface area (Å²) in [6.07, 6.45) is 1.48. The predicted molar refractivity (Wildman–Crippen MR) is 175 cm³/mol. The Morgan fingerprint density at radius 3 is 2.27 bits per heavy atom. The molecule has 0 aliphatic heterocycles. The number of rotatable bonds is 10. The smallest absolute Gasteiger partial charge is 0.272 e. The van der Waals surface area contributed by atoms with Crippen LogP contribution in [0.25, 0.3) is 17.3 Å². The lowest BCUT2D eigenvalue weighted by atomic mass is 10.1. The Hall–Kier alpha value is -5.06. The molecule has 3 N–H and O–H groups in total. The monoisotopic (exact) mass is 622 g/mol. The molecule has 1 heterocycles. The number of nitrogens with one attached hydrogen (secondary N) is 3. The van der Waals surface area contributed by atoms with Crippen molar-refractivity contribution in [3.8, 4) is 11.3 Å². The molecule has 5 rings (SSSR count). The summed E-state index contributed by atoms with van der Waals surface area (Å²) in [4.78, 5) is 43.9. The van der Waals surface area contributed by atoms with Crippen molar-refractivity contribution in [2.45, 2.75) is 11.8 Å². The second-order valence-electron chi connectivity index (χ2n) is 9.65. The van der Waals surface area contributed by atoms with Crippen LogP contribution in [0.2, 0.25) is 0 Å². The summed E-state index contributed by atoms with van der Waals surface area (Å²) >= 11 is 2.72. The molecule has 0 aliphatic rings. The first kappa shape index (κ1) is 30.4. The van der Waals surface area contributed by atoms with Crippen molar-refractivity contribution in [1.29, 1.82) is 0 Å². The summed E-state index contributed by atoms with van der Waals surface area (Å²) in [7, 11) is 0. The van der Waals surface area contributed by atoms with Crippen LogP contribution in [0.3, 0.4) is 0 Å². The number of benzene rings is 4. The zero-order valence-corrected chi connectivity index (χ0v) is 25.2. The van der Waals surface area contributed by atoms with Gasteiger partial charge in [0.1, 0.15) is 11.5 Å². The minimum absolute atomic E-state index is 0.00620. The van der Waals surface area contributed by atoms with Gasteiger partial charge in [0.25, 0.3) is 11.8 Å². The average molecular weight is 623 g/mol. The number of halogens is 1. The minimum Gasteiger partial charge on any atom is -0.321 e. The molecule has 0 fully saturated rings. The lowest BCUT2D eigenvalue weighted by Gasteiger charge is -2.12. The maximum absolute atomic E-state index is 13.4. The summed E-state index contributed by atoms with van der Waals surface area (Å²) in [5, 5.41) is 10.7. The van der Waals surface area contributed by atoms with E-state index in [-0.39, 0.29) is 17.4 Å². The van der Waals surface area contributed by atoms with Gasteiger partial charge < -0.3 is 16.0 Å². The summed E-state index contributed by atoms with van der Waals surface area (Å²) in [5.41, 5.74) is 4.39. The van der Waals surface area contributed by atoms with Gasteiger partial charge in [-0.05, 0) is 67.1 Å². The van der Waals surface area contributed by atoms with Crippen molar-refractivity contribution < 1.29 is 18.8 Å². The van der Waals surface area contributed by atoms with E-state index in [0.29, 0.717) is 21.9 Å². The quantitative estimate of drug-likeness (QED) is 0.111. The Labute approximate surface area is 262 Å². The lowest BCUT2D eigenvalue weighted by molar-refractivity contribution is -0.114. The van der Waals surface area contributed by atoms with Crippen LogP contribution in [-0.2, 0) is 9.59 Å². The molecule has 0 radical (unpaired) electrons. The number of anilines is 2. The highest BCUT2D eigenvalue weighted by Crippen LogP contribution is 2.26. The van der Waals surface area contributed by atoms with Gasteiger partial charge in [0.2, 0.25) is 5.91 Å². The van der Waals surface area contributed by atoms with Gasteiger partial charge in [-0.1, -0.05) is 60.2 Å². The van der Waals surface area contributed by atoms with E-state index in [0.717, 1.165) is 16.2 Å². The molecule has 0 unspecified atom stereocenters. The van der Waals surface area contributed by atoms with E-state index in [1.807, 2.05) is 36.6 Å². The predicted octanol–water partition coefficient (Wildman–Crippen LogP) is 7.40. The van der Waals surface area contributed by atoms with E-state index in [1.165, 1.54) is 59.0 Å². The maximum atomic E-state index is 13.4. The number of hydrogen-bond donors (Lipinski definition) is 3. The Kier molecular flexibility index (Phi) is 9.96. The van der Waals surface area contributed by atoms with Crippen molar-refractivity contribution in [2.24, 2.45) is 0 Å². The van der Waals surface area contributed by atoms with Crippen LogP contribution in [0.5, 0.6) is 0 Å². The van der Waals surface area contributed by atoms with Crippen LogP contribution in [0.1, 0.15) is 21.5 Å². The molecular formula is C34H27FN4O3S2. The molecule has 4 aromatic carbocycles. The fourth-order valence-corrected chi connectivity index (χ4v) is 5.43. The number of hydrogen-bond acceptors (Lipinski definition) is 6. The van der Waals surface area contributed by atoms with Gasteiger partial charge in [-0.15, -0.1) is 23.1 Å². The van der Waals surface area contributed by atoms with Crippen LogP contribution in [0, 0.1) is 12.7 Å². The fraction of sp³-hybridized carbons (Fsp3) is 0.0588. The van der Waals surface area contributed by atoms with E-state index in [9.17, 15) is 18.8 Å². The van der Waals surface area contributed by atoms with Crippen molar-refractivity contribution in [2.75, 3.05) is 16.4 Å². The Bertz CT molecular complexity index is 1790. The van der Waals surface area contributed by atoms with Gasteiger partial charge in [-0.3, -0.25) is 14.4 Å². The summed E-state index contributed by atoms with van der Waals surface area (Å²) in [6, 6.07) is 29.1. The van der Waals surface area contributed by atoms with E-state index in [1.54, 1.807) is 54.6 Å². The van der Waals surface area contributed by atoms with Gasteiger partial charge in [0.15, 0.2) is 5.13 Å². The van der Waals surface area contributed by atoms with Crippen LogP contribution in [-0.4, -0.2) is 28.5 Å². The molecular weight excluding hydrogens is 596 g/mol. The van der Waals surface area contributed by atoms with Gasteiger partial charge >= 0.3 is 0 Å². The molecule has 0 atom stereocenters. The molecule has 0 saturated carbocycles. The molecule has 10 heteroatoms.